The van der Waals surface area contributed by atoms with E-state index < -0.39 is 17.8 Å². The maximum Gasteiger partial charge on any atom is 0.123 e. The highest BCUT2D eigenvalue weighted by Crippen LogP contribution is 2.68. The summed E-state index contributed by atoms with van der Waals surface area (Å²) >= 11 is 0. The third kappa shape index (κ3) is 2.17. The van der Waals surface area contributed by atoms with Gasteiger partial charge in [-0.1, -0.05) is 0 Å². The van der Waals surface area contributed by atoms with Gasteiger partial charge in [-0.05, 0) is 27.7 Å². The Morgan fingerprint density at radius 1 is 1.00 bits per heavy atom. The molecular weight excluding hydrogens is 158 g/mol. The van der Waals surface area contributed by atoms with Gasteiger partial charge in [0.25, 0.3) is 0 Å². The SMILES string of the molecule is [B-][P+](C)(C(C)(C)O)C(C)(C)O. The average molecular weight is 175 g/mol. The lowest BCUT2D eigenvalue weighted by molar-refractivity contribution is 0.130. The molecule has 0 rings (SSSR count). The lowest BCUT2D eigenvalue weighted by atomic mass is 10.4. The summed E-state index contributed by atoms with van der Waals surface area (Å²) in [7, 11) is 3.68. The molecule has 0 fully saturated rings. The van der Waals surface area contributed by atoms with Crippen molar-refractivity contribution in [3.63, 3.8) is 0 Å². The van der Waals surface area contributed by atoms with Gasteiger partial charge >= 0.3 is 0 Å². The van der Waals surface area contributed by atoms with Crippen LogP contribution < -0.4 is 0 Å². The third-order valence-corrected chi connectivity index (χ3v) is 6.82. The molecule has 0 saturated heterocycles. The van der Waals surface area contributed by atoms with Gasteiger partial charge in [0.2, 0.25) is 0 Å². The molecule has 11 heavy (non-hydrogen) atoms. The zero-order valence-electron chi connectivity index (χ0n) is 7.92. The van der Waals surface area contributed by atoms with Crippen LogP contribution in [0.25, 0.3) is 0 Å². The average Bonchev–Trinajstić information content (AvgIpc) is 1.58. The van der Waals surface area contributed by atoms with Gasteiger partial charge in [-0.2, -0.15) is 7.14 Å². The highest BCUT2D eigenvalue weighted by molar-refractivity contribution is 7.98. The molecule has 0 aliphatic rings. The van der Waals surface area contributed by atoms with Gasteiger partial charge in [0.1, 0.15) is 10.7 Å². The molecule has 0 aliphatic carbocycles. The summed E-state index contributed by atoms with van der Waals surface area (Å²) < 4.78 is 0. The Bertz CT molecular complexity index is 128. The summed E-state index contributed by atoms with van der Waals surface area (Å²) in [6.45, 7) is 8.29. The molecule has 4 heteroatoms. The number of hydrogen-bond acceptors (Lipinski definition) is 2. The summed E-state index contributed by atoms with van der Waals surface area (Å²) in [6.07, 6.45) is 0. The topological polar surface area (TPSA) is 40.5 Å². The van der Waals surface area contributed by atoms with Crippen LogP contribution >= 0.6 is 7.14 Å². The molecule has 0 aliphatic heterocycles. The Morgan fingerprint density at radius 3 is 1.18 bits per heavy atom. The van der Waals surface area contributed by atoms with E-state index >= 15 is 0 Å². The van der Waals surface area contributed by atoms with Crippen molar-refractivity contribution in [1.82, 2.24) is 0 Å². The molecule has 0 spiro atoms. The zero-order valence-corrected chi connectivity index (χ0v) is 8.81. The Kier molecular flexibility index (Phi) is 2.83. The number of aliphatic hydroxyl groups is 2. The first kappa shape index (κ1) is 11.4. The van der Waals surface area contributed by atoms with Crippen molar-refractivity contribution in [2.75, 3.05) is 6.66 Å². The second kappa shape index (κ2) is 2.72. The maximum absolute atomic E-state index is 9.65. The molecule has 0 bridgehead atoms. The van der Waals surface area contributed by atoms with Crippen molar-refractivity contribution in [1.29, 1.82) is 0 Å². The van der Waals surface area contributed by atoms with E-state index in [2.05, 4.69) is 0 Å². The largest absolute Gasteiger partial charge is 0.362 e. The molecule has 0 amide bonds. The van der Waals surface area contributed by atoms with E-state index in [1.807, 2.05) is 0 Å². The summed E-state index contributed by atoms with van der Waals surface area (Å²) in [5.41, 5.74) is 0. The molecule has 0 atom stereocenters. The fourth-order valence-electron chi connectivity index (χ4n) is 0.670. The van der Waals surface area contributed by atoms with Crippen LogP contribution in [0.4, 0.5) is 0 Å². The van der Waals surface area contributed by atoms with Crippen molar-refractivity contribution in [3.05, 3.63) is 0 Å². The monoisotopic (exact) mass is 175 g/mol. The first-order chi connectivity index (χ1) is 4.50. The minimum Gasteiger partial charge on any atom is -0.362 e. The molecule has 0 heterocycles. The van der Waals surface area contributed by atoms with Gasteiger partial charge in [0.05, 0.1) is 0 Å². The fourth-order valence-corrected chi connectivity index (χ4v) is 2.01. The van der Waals surface area contributed by atoms with E-state index in [1.54, 1.807) is 34.4 Å². The molecule has 0 aromatic heterocycles. The van der Waals surface area contributed by atoms with Crippen molar-refractivity contribution in [2.24, 2.45) is 0 Å². The van der Waals surface area contributed by atoms with Gasteiger partial charge < -0.3 is 10.2 Å². The Hall–Kier alpha value is 0.415. The van der Waals surface area contributed by atoms with Crippen LogP contribution in [-0.2, 0) is 0 Å². The van der Waals surface area contributed by atoms with Crippen LogP contribution in [0.15, 0.2) is 0 Å². The predicted molar refractivity (Wildman–Crippen MR) is 51.2 cm³/mol. The minimum absolute atomic E-state index is 0.981. The number of rotatable bonds is 2. The predicted octanol–water partition coefficient (Wildman–Crippen LogP) is 1.17. The van der Waals surface area contributed by atoms with Crippen molar-refractivity contribution >= 4 is 14.7 Å². The van der Waals surface area contributed by atoms with Gasteiger partial charge in [0.15, 0.2) is 0 Å². The highest BCUT2D eigenvalue weighted by atomic mass is 31.2. The Balaban J connectivity index is 4.75. The molecule has 0 aromatic carbocycles. The quantitative estimate of drug-likeness (QED) is 0.488. The Morgan fingerprint density at radius 2 is 1.18 bits per heavy atom. The molecule has 0 saturated carbocycles. The van der Waals surface area contributed by atoms with Crippen LogP contribution in [0, 0.1) is 0 Å². The van der Waals surface area contributed by atoms with Gasteiger partial charge in [0, 0.05) is 6.66 Å². The third-order valence-electron chi connectivity index (χ3n) is 2.27. The fraction of sp³-hybridized carbons (Fsp3) is 1.00. The standard InChI is InChI=1S/C7H17BO2P/c1-6(2,9)11(5,8)7(3,4)10/h9-10H,1-5H3. The lowest BCUT2D eigenvalue weighted by Crippen LogP contribution is -2.37. The van der Waals surface area contributed by atoms with Crippen molar-refractivity contribution in [2.45, 2.75) is 38.4 Å². The van der Waals surface area contributed by atoms with Gasteiger partial charge in [-0.15, -0.1) is 0 Å². The van der Waals surface area contributed by atoms with Crippen LogP contribution in [-0.4, -0.2) is 35.1 Å². The second-order valence-electron chi connectivity index (χ2n) is 4.06. The van der Waals surface area contributed by atoms with E-state index in [0.717, 1.165) is 0 Å². The smallest absolute Gasteiger partial charge is 0.123 e. The summed E-state index contributed by atoms with van der Waals surface area (Å²) in [5, 5.41) is 17.3. The zero-order chi connectivity index (χ0) is 9.50. The molecule has 0 unspecified atom stereocenters. The second-order valence-corrected chi connectivity index (χ2v) is 8.40. The number of hydrogen-bond donors (Lipinski definition) is 2. The molecule has 2 nitrogen and oxygen atoms in total. The van der Waals surface area contributed by atoms with E-state index in [4.69, 9.17) is 7.57 Å². The van der Waals surface area contributed by atoms with Gasteiger partial charge in [-0.3, -0.25) is 7.57 Å². The maximum atomic E-state index is 9.65. The minimum atomic E-state index is -2.20. The molecule has 0 aromatic rings. The lowest BCUT2D eigenvalue weighted by Gasteiger charge is -2.50. The highest BCUT2D eigenvalue weighted by Gasteiger charge is 2.42. The summed E-state index contributed by atoms with van der Waals surface area (Å²) in [4.78, 5) is 0. The van der Waals surface area contributed by atoms with Crippen LogP contribution in [0.3, 0.4) is 0 Å². The molecule has 3 radical (unpaired) electrons. The summed E-state index contributed by atoms with van der Waals surface area (Å²) in [6, 6.07) is 0. The van der Waals surface area contributed by atoms with Crippen molar-refractivity contribution < 1.29 is 10.2 Å². The Labute approximate surface area is 70.7 Å². The van der Waals surface area contributed by atoms with E-state index in [1.165, 1.54) is 0 Å². The summed E-state index contributed by atoms with van der Waals surface area (Å²) in [5.74, 6) is 0. The molecular formula is C7H17BO2P. The van der Waals surface area contributed by atoms with E-state index in [9.17, 15) is 10.2 Å². The van der Waals surface area contributed by atoms with Crippen LogP contribution in [0.2, 0.25) is 0 Å². The van der Waals surface area contributed by atoms with Crippen LogP contribution in [0.1, 0.15) is 27.7 Å². The molecule has 2 N–H and O–H groups in total. The first-order valence-electron chi connectivity index (χ1n) is 3.60. The van der Waals surface area contributed by atoms with Crippen molar-refractivity contribution in [3.8, 4) is 0 Å². The van der Waals surface area contributed by atoms with Gasteiger partial charge in [-0.25, -0.2) is 0 Å². The van der Waals surface area contributed by atoms with E-state index in [-0.39, 0.29) is 0 Å². The van der Waals surface area contributed by atoms with Crippen LogP contribution in [0.5, 0.6) is 0 Å². The normalized spacial score (nSPS) is 15.3. The first-order valence-corrected chi connectivity index (χ1v) is 5.91. The molecule has 65 valence electrons. The van der Waals surface area contributed by atoms with E-state index in [0.29, 0.717) is 0 Å².